The van der Waals surface area contributed by atoms with E-state index in [2.05, 4.69) is 25.2 Å². The molecule has 0 bridgehead atoms. The fourth-order valence-corrected chi connectivity index (χ4v) is 2.14. The van der Waals surface area contributed by atoms with Crippen molar-refractivity contribution in [1.29, 1.82) is 0 Å². The van der Waals surface area contributed by atoms with Crippen molar-refractivity contribution in [2.24, 2.45) is 5.92 Å². The summed E-state index contributed by atoms with van der Waals surface area (Å²) in [5.41, 5.74) is 2.25. The topological polar surface area (TPSA) is 32.3 Å². The van der Waals surface area contributed by atoms with E-state index in [1.54, 1.807) is 0 Å². The van der Waals surface area contributed by atoms with Gasteiger partial charge in [0.2, 0.25) is 0 Å². The second-order valence-electron chi connectivity index (χ2n) is 4.98. The molecule has 17 heavy (non-hydrogen) atoms. The molecular formula is C14H22ClNO. The van der Waals surface area contributed by atoms with Gasteiger partial charge in [-0.05, 0) is 36.5 Å². The summed E-state index contributed by atoms with van der Waals surface area (Å²) in [6.07, 6.45) is 0.972. The third-order valence-corrected chi connectivity index (χ3v) is 3.12. The molecule has 0 fully saturated rings. The van der Waals surface area contributed by atoms with Gasteiger partial charge in [-0.15, -0.1) is 0 Å². The summed E-state index contributed by atoms with van der Waals surface area (Å²) in [7, 11) is 0. The van der Waals surface area contributed by atoms with Crippen LogP contribution < -0.4 is 5.32 Å². The number of rotatable bonds is 6. The first kappa shape index (κ1) is 14.5. The van der Waals surface area contributed by atoms with Crippen molar-refractivity contribution in [1.82, 2.24) is 5.32 Å². The van der Waals surface area contributed by atoms with E-state index >= 15 is 0 Å². The highest BCUT2D eigenvalue weighted by atomic mass is 35.5. The van der Waals surface area contributed by atoms with Gasteiger partial charge in [-0.2, -0.15) is 0 Å². The number of benzene rings is 1. The predicted octanol–water partition coefficient (Wildman–Crippen LogP) is 3.15. The maximum atomic E-state index is 9.27. The van der Waals surface area contributed by atoms with E-state index in [1.807, 2.05) is 19.1 Å². The van der Waals surface area contributed by atoms with E-state index < -0.39 is 0 Å². The Hall–Kier alpha value is -0.570. The minimum Gasteiger partial charge on any atom is -0.395 e. The maximum Gasteiger partial charge on any atom is 0.0584 e. The standard InChI is InChI=1S/C14H22ClNO/c1-10(2)6-13(9-17)16-8-12-5-4-11(3)7-14(12)15/h4-5,7,10,13,16-17H,6,8-9H2,1-3H3. The highest BCUT2D eigenvalue weighted by molar-refractivity contribution is 6.31. The molecule has 0 aliphatic rings. The van der Waals surface area contributed by atoms with Crippen LogP contribution in [-0.4, -0.2) is 17.8 Å². The molecule has 0 saturated heterocycles. The van der Waals surface area contributed by atoms with Gasteiger partial charge in [-0.1, -0.05) is 37.6 Å². The highest BCUT2D eigenvalue weighted by Crippen LogP contribution is 2.17. The van der Waals surface area contributed by atoms with Gasteiger partial charge in [0.1, 0.15) is 0 Å². The Bertz CT molecular complexity index is 352. The van der Waals surface area contributed by atoms with Crippen LogP contribution >= 0.6 is 11.6 Å². The Labute approximate surface area is 109 Å². The zero-order chi connectivity index (χ0) is 12.8. The molecule has 0 heterocycles. The third-order valence-electron chi connectivity index (χ3n) is 2.77. The van der Waals surface area contributed by atoms with Gasteiger partial charge in [-0.3, -0.25) is 0 Å². The lowest BCUT2D eigenvalue weighted by atomic mass is 10.0. The lowest BCUT2D eigenvalue weighted by Crippen LogP contribution is -2.33. The first-order chi connectivity index (χ1) is 8.02. The van der Waals surface area contributed by atoms with E-state index in [4.69, 9.17) is 11.6 Å². The lowest BCUT2D eigenvalue weighted by molar-refractivity contribution is 0.223. The normalized spacial score (nSPS) is 13.1. The summed E-state index contributed by atoms with van der Waals surface area (Å²) >= 11 is 6.16. The zero-order valence-corrected chi connectivity index (χ0v) is 11.6. The Morgan fingerprint density at radius 2 is 2.06 bits per heavy atom. The number of hydrogen-bond acceptors (Lipinski definition) is 2. The van der Waals surface area contributed by atoms with Crippen molar-refractivity contribution in [2.75, 3.05) is 6.61 Å². The third kappa shape index (κ3) is 5.07. The zero-order valence-electron chi connectivity index (χ0n) is 10.8. The summed E-state index contributed by atoms with van der Waals surface area (Å²) < 4.78 is 0. The van der Waals surface area contributed by atoms with Crippen molar-refractivity contribution >= 4 is 11.6 Å². The van der Waals surface area contributed by atoms with E-state index in [0.29, 0.717) is 12.5 Å². The molecule has 0 amide bonds. The molecule has 1 aromatic rings. The molecule has 3 heteroatoms. The van der Waals surface area contributed by atoms with Crippen LogP contribution in [0.2, 0.25) is 5.02 Å². The van der Waals surface area contributed by atoms with Crippen LogP contribution in [0.4, 0.5) is 0 Å². The average molecular weight is 256 g/mol. The van der Waals surface area contributed by atoms with Gasteiger partial charge in [0.05, 0.1) is 6.61 Å². The minimum absolute atomic E-state index is 0.146. The molecule has 1 unspecified atom stereocenters. The second kappa shape index (κ2) is 7.00. The van der Waals surface area contributed by atoms with Crippen LogP contribution in [0.5, 0.6) is 0 Å². The molecular weight excluding hydrogens is 234 g/mol. The number of nitrogens with one attached hydrogen (secondary N) is 1. The SMILES string of the molecule is Cc1ccc(CNC(CO)CC(C)C)c(Cl)c1. The maximum absolute atomic E-state index is 9.27. The predicted molar refractivity (Wildman–Crippen MR) is 73.4 cm³/mol. The van der Waals surface area contributed by atoms with Crippen molar-refractivity contribution in [3.8, 4) is 0 Å². The molecule has 0 spiro atoms. The minimum atomic E-state index is 0.146. The first-order valence-corrected chi connectivity index (χ1v) is 6.50. The van der Waals surface area contributed by atoms with Gasteiger partial charge in [0, 0.05) is 17.6 Å². The first-order valence-electron chi connectivity index (χ1n) is 6.12. The molecule has 0 radical (unpaired) electrons. The molecule has 0 aliphatic heterocycles. The van der Waals surface area contributed by atoms with Crippen molar-refractivity contribution in [3.63, 3.8) is 0 Å². The van der Waals surface area contributed by atoms with Gasteiger partial charge in [0.25, 0.3) is 0 Å². The van der Waals surface area contributed by atoms with Crippen molar-refractivity contribution in [2.45, 2.75) is 39.8 Å². The van der Waals surface area contributed by atoms with Crippen LogP contribution in [0.1, 0.15) is 31.4 Å². The van der Waals surface area contributed by atoms with Crippen LogP contribution in [0.25, 0.3) is 0 Å². The van der Waals surface area contributed by atoms with Gasteiger partial charge >= 0.3 is 0 Å². The summed E-state index contributed by atoms with van der Waals surface area (Å²) in [6, 6.07) is 6.20. The number of aliphatic hydroxyl groups excluding tert-OH is 1. The fourth-order valence-electron chi connectivity index (χ4n) is 1.84. The van der Waals surface area contributed by atoms with E-state index in [9.17, 15) is 5.11 Å². The monoisotopic (exact) mass is 255 g/mol. The molecule has 1 atom stereocenters. The largest absolute Gasteiger partial charge is 0.395 e. The smallest absolute Gasteiger partial charge is 0.0584 e. The molecule has 0 aromatic heterocycles. The summed E-state index contributed by atoms with van der Waals surface area (Å²) in [6.45, 7) is 7.21. The van der Waals surface area contributed by atoms with Gasteiger partial charge < -0.3 is 10.4 Å². The summed E-state index contributed by atoms with van der Waals surface area (Å²) in [5.74, 6) is 0.577. The lowest BCUT2D eigenvalue weighted by Gasteiger charge is -2.18. The van der Waals surface area contributed by atoms with E-state index in [-0.39, 0.29) is 12.6 Å². The Kier molecular flexibility index (Phi) is 5.96. The molecule has 0 saturated carbocycles. The summed E-state index contributed by atoms with van der Waals surface area (Å²) in [4.78, 5) is 0. The Balaban J connectivity index is 2.53. The number of aryl methyl sites for hydroxylation is 1. The van der Waals surface area contributed by atoms with Crippen LogP contribution in [0, 0.1) is 12.8 Å². The number of halogens is 1. The molecule has 0 aliphatic carbocycles. The Morgan fingerprint density at radius 1 is 1.35 bits per heavy atom. The second-order valence-corrected chi connectivity index (χ2v) is 5.39. The fraction of sp³-hybridized carbons (Fsp3) is 0.571. The van der Waals surface area contributed by atoms with Gasteiger partial charge in [0.15, 0.2) is 0 Å². The molecule has 1 aromatic carbocycles. The summed E-state index contributed by atoms with van der Waals surface area (Å²) in [5, 5.41) is 13.4. The van der Waals surface area contributed by atoms with E-state index in [0.717, 1.165) is 17.0 Å². The molecule has 1 rings (SSSR count). The highest BCUT2D eigenvalue weighted by Gasteiger charge is 2.09. The molecule has 2 N–H and O–H groups in total. The van der Waals surface area contributed by atoms with Crippen molar-refractivity contribution < 1.29 is 5.11 Å². The van der Waals surface area contributed by atoms with Crippen LogP contribution in [0.15, 0.2) is 18.2 Å². The van der Waals surface area contributed by atoms with Crippen molar-refractivity contribution in [3.05, 3.63) is 34.3 Å². The molecule has 2 nitrogen and oxygen atoms in total. The molecule has 96 valence electrons. The van der Waals surface area contributed by atoms with Gasteiger partial charge in [-0.25, -0.2) is 0 Å². The number of aliphatic hydroxyl groups is 1. The van der Waals surface area contributed by atoms with E-state index in [1.165, 1.54) is 5.56 Å². The number of hydrogen-bond donors (Lipinski definition) is 2. The van der Waals surface area contributed by atoms with Crippen LogP contribution in [0.3, 0.4) is 0 Å². The van der Waals surface area contributed by atoms with Crippen LogP contribution in [-0.2, 0) is 6.54 Å². The Morgan fingerprint density at radius 3 is 2.59 bits per heavy atom. The average Bonchev–Trinajstić information content (AvgIpc) is 2.25. The quantitative estimate of drug-likeness (QED) is 0.819.